The summed E-state index contributed by atoms with van der Waals surface area (Å²) in [7, 11) is 0. The molecule has 1 aliphatic rings. The van der Waals surface area contributed by atoms with E-state index in [2.05, 4.69) is 54.4 Å². The maximum atomic E-state index is 4.51. The molecular formula is C18H15NS. The van der Waals surface area contributed by atoms with Crippen molar-refractivity contribution in [2.24, 2.45) is 0 Å². The van der Waals surface area contributed by atoms with Gasteiger partial charge in [0.1, 0.15) is 0 Å². The maximum absolute atomic E-state index is 4.51. The van der Waals surface area contributed by atoms with Gasteiger partial charge in [0.05, 0.1) is 5.69 Å². The SMILES string of the molecule is CC1CC(c2ccccn2)=Cc2c1sc1ccccc21. The molecule has 2 heteroatoms. The lowest BCUT2D eigenvalue weighted by Crippen LogP contribution is -2.02. The lowest BCUT2D eigenvalue weighted by molar-refractivity contribution is 0.800. The highest BCUT2D eigenvalue weighted by Crippen LogP contribution is 2.44. The van der Waals surface area contributed by atoms with Crippen molar-refractivity contribution in [2.75, 3.05) is 0 Å². The number of allylic oxidation sites excluding steroid dienone is 1. The van der Waals surface area contributed by atoms with E-state index in [1.165, 1.54) is 26.1 Å². The Kier molecular flexibility index (Phi) is 2.71. The molecule has 1 aromatic carbocycles. The number of aromatic nitrogens is 1. The predicted octanol–water partition coefficient (Wildman–Crippen LogP) is 5.34. The lowest BCUT2D eigenvalue weighted by atomic mass is 9.87. The smallest absolute Gasteiger partial charge is 0.0662 e. The van der Waals surface area contributed by atoms with E-state index >= 15 is 0 Å². The molecule has 0 saturated heterocycles. The third kappa shape index (κ3) is 1.80. The Labute approximate surface area is 122 Å². The second-order valence-corrected chi connectivity index (χ2v) is 6.45. The van der Waals surface area contributed by atoms with Crippen LogP contribution in [-0.4, -0.2) is 4.98 Å². The molecule has 1 aliphatic carbocycles. The fourth-order valence-electron chi connectivity index (χ4n) is 2.99. The number of pyridine rings is 1. The van der Waals surface area contributed by atoms with Gasteiger partial charge < -0.3 is 0 Å². The molecule has 2 aromatic heterocycles. The third-order valence-electron chi connectivity index (χ3n) is 3.95. The van der Waals surface area contributed by atoms with Crippen LogP contribution < -0.4 is 0 Å². The van der Waals surface area contributed by atoms with Gasteiger partial charge in [-0.2, -0.15) is 0 Å². The Balaban J connectivity index is 1.94. The molecule has 0 fully saturated rings. The Morgan fingerprint density at radius 3 is 2.80 bits per heavy atom. The summed E-state index contributed by atoms with van der Waals surface area (Å²) in [6.45, 7) is 2.32. The molecule has 0 spiro atoms. The van der Waals surface area contributed by atoms with Gasteiger partial charge in [-0.15, -0.1) is 11.3 Å². The summed E-state index contributed by atoms with van der Waals surface area (Å²) in [5, 5.41) is 1.38. The summed E-state index contributed by atoms with van der Waals surface area (Å²) >= 11 is 1.94. The molecule has 0 radical (unpaired) electrons. The van der Waals surface area contributed by atoms with Crippen molar-refractivity contribution in [3.05, 3.63) is 64.8 Å². The molecule has 0 aliphatic heterocycles. The average molecular weight is 277 g/mol. The molecule has 0 amide bonds. The van der Waals surface area contributed by atoms with Crippen LogP contribution in [0, 0.1) is 0 Å². The van der Waals surface area contributed by atoms with Crippen LogP contribution in [0.4, 0.5) is 0 Å². The molecule has 20 heavy (non-hydrogen) atoms. The first-order valence-corrected chi connectivity index (χ1v) is 7.78. The minimum atomic E-state index is 0.574. The van der Waals surface area contributed by atoms with E-state index in [-0.39, 0.29) is 0 Å². The topological polar surface area (TPSA) is 12.9 Å². The number of hydrogen-bond acceptors (Lipinski definition) is 2. The molecule has 0 bridgehead atoms. The van der Waals surface area contributed by atoms with Gasteiger partial charge in [0.2, 0.25) is 0 Å². The normalized spacial score (nSPS) is 17.9. The second kappa shape index (κ2) is 4.57. The molecular weight excluding hydrogens is 262 g/mol. The fraction of sp³-hybridized carbons (Fsp3) is 0.167. The Morgan fingerprint density at radius 2 is 1.95 bits per heavy atom. The van der Waals surface area contributed by atoms with Gasteiger partial charge in [0.15, 0.2) is 0 Å². The van der Waals surface area contributed by atoms with Crippen LogP contribution in [0.3, 0.4) is 0 Å². The predicted molar refractivity (Wildman–Crippen MR) is 87.0 cm³/mol. The van der Waals surface area contributed by atoms with Crippen LogP contribution in [0.15, 0.2) is 48.7 Å². The van der Waals surface area contributed by atoms with E-state index in [4.69, 9.17) is 0 Å². The number of hydrogen-bond donors (Lipinski definition) is 0. The van der Waals surface area contributed by atoms with Crippen LogP contribution in [0.25, 0.3) is 21.7 Å². The van der Waals surface area contributed by atoms with E-state index in [9.17, 15) is 0 Å². The second-order valence-electron chi connectivity index (χ2n) is 5.37. The van der Waals surface area contributed by atoms with Crippen molar-refractivity contribution >= 4 is 33.1 Å². The number of fused-ring (bicyclic) bond motifs is 3. The van der Waals surface area contributed by atoms with Gasteiger partial charge in [-0.25, -0.2) is 0 Å². The van der Waals surface area contributed by atoms with Gasteiger partial charge in [-0.3, -0.25) is 4.98 Å². The van der Waals surface area contributed by atoms with Crippen molar-refractivity contribution in [3.63, 3.8) is 0 Å². The number of rotatable bonds is 1. The van der Waals surface area contributed by atoms with Gasteiger partial charge in [0, 0.05) is 15.8 Å². The summed E-state index contributed by atoms with van der Waals surface area (Å²) in [6, 6.07) is 14.9. The van der Waals surface area contributed by atoms with Gasteiger partial charge in [0.25, 0.3) is 0 Å². The van der Waals surface area contributed by atoms with Crippen molar-refractivity contribution in [1.82, 2.24) is 4.98 Å². The number of benzene rings is 1. The standard InChI is InChI=1S/C18H15NS/c1-12-10-13(16-7-4-5-9-19-16)11-15-14-6-2-3-8-17(14)20-18(12)15/h2-9,11-12H,10H2,1H3. The average Bonchev–Trinajstić information content (AvgIpc) is 2.88. The molecule has 1 unspecified atom stereocenters. The number of nitrogens with zero attached hydrogens (tertiary/aromatic N) is 1. The highest BCUT2D eigenvalue weighted by atomic mass is 32.1. The van der Waals surface area contributed by atoms with Crippen LogP contribution in [0.2, 0.25) is 0 Å². The van der Waals surface area contributed by atoms with Crippen molar-refractivity contribution in [2.45, 2.75) is 19.3 Å². The van der Waals surface area contributed by atoms with E-state index < -0.39 is 0 Å². The molecule has 0 N–H and O–H groups in total. The third-order valence-corrected chi connectivity index (χ3v) is 5.37. The van der Waals surface area contributed by atoms with Crippen LogP contribution in [0.5, 0.6) is 0 Å². The van der Waals surface area contributed by atoms with E-state index in [1.807, 2.05) is 23.6 Å². The van der Waals surface area contributed by atoms with Crippen molar-refractivity contribution in [1.29, 1.82) is 0 Å². The Hall–Kier alpha value is -1.93. The van der Waals surface area contributed by atoms with E-state index in [1.54, 1.807) is 0 Å². The first-order chi connectivity index (χ1) is 9.83. The summed E-state index contributed by atoms with van der Waals surface area (Å²) < 4.78 is 1.39. The van der Waals surface area contributed by atoms with Gasteiger partial charge >= 0.3 is 0 Å². The van der Waals surface area contributed by atoms with Crippen molar-refractivity contribution < 1.29 is 0 Å². The largest absolute Gasteiger partial charge is 0.257 e. The molecule has 98 valence electrons. The zero-order valence-electron chi connectivity index (χ0n) is 11.3. The minimum Gasteiger partial charge on any atom is -0.257 e. The summed E-state index contributed by atoms with van der Waals surface area (Å²) in [4.78, 5) is 6.03. The Bertz CT molecular complexity index is 799. The van der Waals surface area contributed by atoms with Crippen LogP contribution >= 0.6 is 11.3 Å². The van der Waals surface area contributed by atoms with Crippen LogP contribution in [-0.2, 0) is 0 Å². The number of thiophene rings is 1. The fourth-order valence-corrected chi connectivity index (χ4v) is 4.22. The molecule has 1 atom stereocenters. The summed E-state index contributed by atoms with van der Waals surface area (Å²) in [6.07, 6.45) is 5.30. The first-order valence-electron chi connectivity index (χ1n) is 6.96. The quantitative estimate of drug-likeness (QED) is 0.584. The molecule has 2 heterocycles. The molecule has 4 rings (SSSR count). The van der Waals surface area contributed by atoms with E-state index in [0.717, 1.165) is 12.1 Å². The monoisotopic (exact) mass is 277 g/mol. The summed E-state index contributed by atoms with van der Waals surface area (Å²) in [5.74, 6) is 0.574. The lowest BCUT2D eigenvalue weighted by Gasteiger charge is -2.19. The first kappa shape index (κ1) is 11.9. The zero-order valence-corrected chi connectivity index (χ0v) is 12.2. The zero-order chi connectivity index (χ0) is 13.5. The highest BCUT2D eigenvalue weighted by Gasteiger charge is 2.22. The summed E-state index contributed by atoms with van der Waals surface area (Å²) in [5.41, 5.74) is 3.87. The van der Waals surface area contributed by atoms with Crippen molar-refractivity contribution in [3.8, 4) is 0 Å². The van der Waals surface area contributed by atoms with E-state index in [0.29, 0.717) is 5.92 Å². The minimum absolute atomic E-state index is 0.574. The molecule has 0 saturated carbocycles. The molecule has 3 aromatic rings. The highest BCUT2D eigenvalue weighted by molar-refractivity contribution is 7.19. The van der Waals surface area contributed by atoms with Gasteiger partial charge in [-0.1, -0.05) is 31.2 Å². The Morgan fingerprint density at radius 1 is 1.10 bits per heavy atom. The van der Waals surface area contributed by atoms with Crippen LogP contribution in [0.1, 0.15) is 35.4 Å². The maximum Gasteiger partial charge on any atom is 0.0662 e. The van der Waals surface area contributed by atoms with Gasteiger partial charge in [-0.05, 0) is 53.1 Å². The molecule has 1 nitrogen and oxygen atoms in total.